The van der Waals surface area contributed by atoms with Crippen LogP contribution in [0.4, 0.5) is 0 Å². The van der Waals surface area contributed by atoms with Gasteiger partial charge in [-0.2, -0.15) is 0 Å². The lowest BCUT2D eigenvalue weighted by Gasteiger charge is -2.13. The molecular weight excluding hydrogens is 472 g/mol. The fourth-order valence-corrected chi connectivity index (χ4v) is 3.73. The van der Waals surface area contributed by atoms with E-state index < -0.39 is 5.97 Å². The molecule has 1 heterocycles. The molecule has 0 saturated heterocycles. The molecule has 4 rings (SSSR count). The van der Waals surface area contributed by atoms with E-state index in [-0.39, 0.29) is 28.9 Å². The first kappa shape index (κ1) is 24.2. The van der Waals surface area contributed by atoms with E-state index in [0.29, 0.717) is 39.8 Å². The van der Waals surface area contributed by atoms with Gasteiger partial charge in [0.1, 0.15) is 17.9 Å². The third-order valence-corrected chi connectivity index (χ3v) is 5.57. The van der Waals surface area contributed by atoms with E-state index >= 15 is 0 Å². The number of hydrogen-bond donors (Lipinski definition) is 0. The number of methoxy groups -OCH3 is 2. The second-order valence-electron chi connectivity index (χ2n) is 7.50. The molecule has 0 spiro atoms. The SMILES string of the molecule is CCOC(=O)c1oc2cc(OCc3ccc(Cl)cc3)ccc2c(=O)c1-c1ccc(OC)c(OC)c1. The number of halogens is 1. The molecule has 7 nitrogen and oxygen atoms in total. The van der Waals surface area contributed by atoms with Crippen molar-refractivity contribution >= 4 is 28.5 Å². The van der Waals surface area contributed by atoms with E-state index in [2.05, 4.69) is 0 Å². The molecule has 1 aromatic heterocycles. The average molecular weight is 495 g/mol. The molecule has 0 amide bonds. The van der Waals surface area contributed by atoms with Crippen molar-refractivity contribution in [2.75, 3.05) is 20.8 Å². The van der Waals surface area contributed by atoms with E-state index in [1.165, 1.54) is 14.2 Å². The number of esters is 1. The Morgan fingerprint density at radius 1 is 0.943 bits per heavy atom. The van der Waals surface area contributed by atoms with E-state index in [1.54, 1.807) is 55.5 Å². The molecule has 0 N–H and O–H groups in total. The quantitative estimate of drug-likeness (QED) is 0.282. The minimum absolute atomic E-state index is 0.0757. The van der Waals surface area contributed by atoms with Crippen LogP contribution in [0.3, 0.4) is 0 Å². The van der Waals surface area contributed by atoms with Crippen LogP contribution in [0, 0.1) is 0 Å². The van der Waals surface area contributed by atoms with Crippen molar-refractivity contribution in [3.05, 3.63) is 87.2 Å². The lowest BCUT2D eigenvalue weighted by molar-refractivity contribution is 0.0492. The van der Waals surface area contributed by atoms with Gasteiger partial charge in [-0.3, -0.25) is 4.79 Å². The molecular formula is C27H23ClO7. The highest BCUT2D eigenvalue weighted by atomic mass is 35.5. The van der Waals surface area contributed by atoms with Crippen LogP contribution in [0.25, 0.3) is 22.1 Å². The third-order valence-electron chi connectivity index (χ3n) is 5.32. The number of carbonyl (C=O) groups excluding carboxylic acids is 1. The number of fused-ring (bicyclic) bond motifs is 1. The van der Waals surface area contributed by atoms with E-state index in [4.69, 9.17) is 35.0 Å². The molecule has 0 atom stereocenters. The fraction of sp³-hybridized carbons (Fsp3) is 0.185. The lowest BCUT2D eigenvalue weighted by Crippen LogP contribution is -2.15. The molecule has 0 bridgehead atoms. The highest BCUT2D eigenvalue weighted by molar-refractivity contribution is 6.30. The van der Waals surface area contributed by atoms with Gasteiger partial charge in [-0.05, 0) is 54.4 Å². The van der Waals surface area contributed by atoms with Gasteiger partial charge in [-0.1, -0.05) is 29.8 Å². The van der Waals surface area contributed by atoms with Gasteiger partial charge in [-0.15, -0.1) is 0 Å². The summed E-state index contributed by atoms with van der Waals surface area (Å²) in [4.78, 5) is 26.3. The number of carbonyl (C=O) groups is 1. The minimum Gasteiger partial charge on any atom is -0.493 e. The monoisotopic (exact) mass is 494 g/mol. The molecule has 3 aromatic carbocycles. The van der Waals surface area contributed by atoms with Crippen LogP contribution in [0.1, 0.15) is 23.0 Å². The van der Waals surface area contributed by atoms with Gasteiger partial charge in [0, 0.05) is 11.1 Å². The summed E-state index contributed by atoms with van der Waals surface area (Å²) >= 11 is 5.93. The molecule has 35 heavy (non-hydrogen) atoms. The van der Waals surface area contributed by atoms with Crippen LogP contribution >= 0.6 is 11.6 Å². The maximum absolute atomic E-state index is 13.5. The molecule has 8 heteroatoms. The number of hydrogen-bond acceptors (Lipinski definition) is 7. The zero-order valence-electron chi connectivity index (χ0n) is 19.4. The first-order valence-electron chi connectivity index (χ1n) is 10.8. The summed E-state index contributed by atoms with van der Waals surface area (Å²) in [5, 5.41) is 0.930. The summed E-state index contributed by atoms with van der Waals surface area (Å²) in [6.45, 7) is 2.09. The molecule has 4 aromatic rings. The Labute approximate surface area is 206 Å². The van der Waals surface area contributed by atoms with E-state index in [0.717, 1.165) is 5.56 Å². The predicted octanol–water partition coefficient (Wildman–Crippen LogP) is 5.89. The van der Waals surface area contributed by atoms with Gasteiger partial charge in [0.2, 0.25) is 11.2 Å². The standard InChI is InChI=1S/C27H23ClO7/c1-4-33-27(30)26-24(17-7-12-21(31-2)23(13-17)32-3)25(29)20-11-10-19(14-22(20)35-26)34-15-16-5-8-18(28)9-6-16/h5-14H,4,15H2,1-3H3. The van der Waals surface area contributed by atoms with Crippen molar-refractivity contribution in [2.24, 2.45) is 0 Å². The number of ether oxygens (including phenoxy) is 4. The lowest BCUT2D eigenvalue weighted by atomic mass is 10.0. The normalized spacial score (nSPS) is 10.7. The van der Waals surface area contributed by atoms with Crippen LogP contribution in [-0.4, -0.2) is 26.8 Å². The largest absolute Gasteiger partial charge is 0.493 e. The molecule has 0 aliphatic carbocycles. The van der Waals surface area contributed by atoms with Crippen molar-refractivity contribution in [1.82, 2.24) is 0 Å². The fourth-order valence-electron chi connectivity index (χ4n) is 3.60. The third kappa shape index (κ3) is 5.10. The zero-order valence-corrected chi connectivity index (χ0v) is 20.2. The van der Waals surface area contributed by atoms with E-state index in [9.17, 15) is 9.59 Å². The maximum Gasteiger partial charge on any atom is 0.375 e. The smallest absolute Gasteiger partial charge is 0.375 e. The van der Waals surface area contributed by atoms with E-state index in [1.807, 2.05) is 12.1 Å². The maximum atomic E-state index is 13.5. The first-order chi connectivity index (χ1) is 16.9. The Hall–Kier alpha value is -3.97. The molecule has 0 unspecified atom stereocenters. The Balaban J connectivity index is 1.79. The summed E-state index contributed by atoms with van der Waals surface area (Å²) in [5.41, 5.74) is 1.25. The second kappa shape index (κ2) is 10.5. The summed E-state index contributed by atoms with van der Waals surface area (Å²) in [6, 6.07) is 17.1. The highest BCUT2D eigenvalue weighted by Crippen LogP contribution is 2.34. The highest BCUT2D eigenvalue weighted by Gasteiger charge is 2.24. The van der Waals surface area contributed by atoms with Gasteiger partial charge >= 0.3 is 5.97 Å². The average Bonchev–Trinajstić information content (AvgIpc) is 2.87. The van der Waals surface area contributed by atoms with Gasteiger partial charge < -0.3 is 23.4 Å². The second-order valence-corrected chi connectivity index (χ2v) is 7.94. The Morgan fingerprint density at radius 3 is 2.37 bits per heavy atom. The minimum atomic E-state index is -0.747. The van der Waals surface area contributed by atoms with Crippen LogP contribution < -0.4 is 19.6 Å². The summed E-state index contributed by atoms with van der Waals surface area (Å²) in [6.07, 6.45) is 0. The van der Waals surface area contributed by atoms with Gasteiger partial charge in [-0.25, -0.2) is 4.79 Å². The molecule has 0 aliphatic rings. The van der Waals surface area contributed by atoms with Gasteiger partial charge in [0.05, 0.1) is 31.8 Å². The van der Waals surface area contributed by atoms with Crippen molar-refractivity contribution in [3.8, 4) is 28.4 Å². The van der Waals surface area contributed by atoms with Crippen molar-refractivity contribution in [2.45, 2.75) is 13.5 Å². The summed E-state index contributed by atoms with van der Waals surface area (Å²) < 4.78 is 27.6. The van der Waals surface area contributed by atoms with Crippen molar-refractivity contribution in [1.29, 1.82) is 0 Å². The summed E-state index contributed by atoms with van der Waals surface area (Å²) in [5.74, 6) is 0.423. The Bertz CT molecular complexity index is 1420. The number of rotatable bonds is 8. The van der Waals surface area contributed by atoms with Gasteiger partial charge in [0.15, 0.2) is 11.5 Å². The van der Waals surface area contributed by atoms with Crippen LogP contribution in [0.5, 0.6) is 17.2 Å². The van der Waals surface area contributed by atoms with Crippen LogP contribution in [0.15, 0.2) is 69.9 Å². The zero-order chi connectivity index (χ0) is 24.9. The van der Waals surface area contributed by atoms with Gasteiger partial charge in [0.25, 0.3) is 0 Å². The Morgan fingerprint density at radius 2 is 1.69 bits per heavy atom. The molecule has 180 valence electrons. The van der Waals surface area contributed by atoms with Crippen LogP contribution in [0.2, 0.25) is 5.02 Å². The molecule has 0 saturated carbocycles. The van der Waals surface area contributed by atoms with Crippen molar-refractivity contribution in [3.63, 3.8) is 0 Å². The molecule has 0 fully saturated rings. The Kier molecular flexibility index (Phi) is 7.27. The molecule has 0 aliphatic heterocycles. The van der Waals surface area contributed by atoms with Crippen molar-refractivity contribution < 1.29 is 28.2 Å². The molecule has 0 radical (unpaired) electrons. The predicted molar refractivity (Wildman–Crippen MR) is 133 cm³/mol. The number of benzene rings is 3. The topological polar surface area (TPSA) is 84.2 Å². The summed E-state index contributed by atoms with van der Waals surface area (Å²) in [7, 11) is 3.00. The first-order valence-corrected chi connectivity index (χ1v) is 11.2. The van der Waals surface area contributed by atoms with Crippen LogP contribution in [-0.2, 0) is 11.3 Å².